The van der Waals surface area contributed by atoms with Crippen molar-refractivity contribution in [1.29, 1.82) is 0 Å². The van der Waals surface area contributed by atoms with E-state index in [0.29, 0.717) is 6.04 Å². The Balaban J connectivity index is 1.61. The molecule has 104 valence electrons. The van der Waals surface area contributed by atoms with E-state index in [1.165, 1.54) is 25.7 Å². The van der Waals surface area contributed by atoms with Crippen LogP contribution in [0.3, 0.4) is 0 Å². The van der Waals surface area contributed by atoms with E-state index in [9.17, 15) is 4.79 Å². The predicted octanol–water partition coefficient (Wildman–Crippen LogP) is 1.59. The molecule has 18 heavy (non-hydrogen) atoms. The number of carbonyl (C=O) groups excluding carboxylic acids is 1. The Bertz CT molecular complexity index is 244. The Labute approximate surface area is 110 Å². The summed E-state index contributed by atoms with van der Waals surface area (Å²) in [5.74, 6) is 0.0625. The molecule has 1 heterocycles. The van der Waals surface area contributed by atoms with E-state index in [1.54, 1.807) is 0 Å². The summed E-state index contributed by atoms with van der Waals surface area (Å²) in [5.41, 5.74) is 0. The molecule has 1 aliphatic carbocycles. The smallest absolute Gasteiger partial charge is 0.246 e. The molecule has 1 amide bonds. The fraction of sp³-hybridized carbons (Fsp3) is 0.929. The summed E-state index contributed by atoms with van der Waals surface area (Å²) in [7, 11) is 0. The third-order valence-corrected chi connectivity index (χ3v) is 3.92. The largest absolute Gasteiger partial charge is 0.367 e. The van der Waals surface area contributed by atoms with Gasteiger partial charge in [-0.15, -0.1) is 0 Å². The highest BCUT2D eigenvalue weighted by Crippen LogP contribution is 2.17. The lowest BCUT2D eigenvalue weighted by Crippen LogP contribution is -2.40. The first-order chi connectivity index (χ1) is 8.84. The lowest BCUT2D eigenvalue weighted by molar-refractivity contribution is -0.128. The van der Waals surface area contributed by atoms with Crippen LogP contribution < -0.4 is 10.6 Å². The van der Waals surface area contributed by atoms with Crippen molar-refractivity contribution in [3.63, 3.8) is 0 Å². The van der Waals surface area contributed by atoms with E-state index in [0.717, 1.165) is 38.8 Å². The van der Waals surface area contributed by atoms with Crippen molar-refractivity contribution in [1.82, 2.24) is 10.6 Å². The van der Waals surface area contributed by atoms with Gasteiger partial charge in [-0.3, -0.25) is 4.79 Å². The molecule has 0 spiro atoms. The van der Waals surface area contributed by atoms with Gasteiger partial charge in [-0.1, -0.05) is 25.7 Å². The molecular weight excluding hydrogens is 228 g/mol. The molecule has 4 nitrogen and oxygen atoms in total. The molecule has 4 heteroatoms. The number of piperidine rings is 1. The van der Waals surface area contributed by atoms with Crippen LogP contribution >= 0.6 is 0 Å². The van der Waals surface area contributed by atoms with Gasteiger partial charge in [0.05, 0.1) is 6.10 Å². The van der Waals surface area contributed by atoms with Gasteiger partial charge in [-0.2, -0.15) is 0 Å². The maximum atomic E-state index is 11.8. The van der Waals surface area contributed by atoms with E-state index < -0.39 is 0 Å². The second-order valence-electron chi connectivity index (χ2n) is 5.54. The summed E-state index contributed by atoms with van der Waals surface area (Å²) in [6.07, 6.45) is 9.84. The number of amides is 1. The van der Waals surface area contributed by atoms with Crippen LogP contribution in [0.4, 0.5) is 0 Å². The lowest BCUT2D eigenvalue weighted by Gasteiger charge is -2.23. The van der Waals surface area contributed by atoms with Crippen molar-refractivity contribution in [2.24, 2.45) is 0 Å². The first-order valence-corrected chi connectivity index (χ1v) is 7.46. The van der Waals surface area contributed by atoms with Gasteiger partial charge in [-0.25, -0.2) is 0 Å². The molecule has 0 aromatic heterocycles. The third kappa shape index (κ3) is 4.94. The van der Waals surface area contributed by atoms with E-state index in [4.69, 9.17) is 4.74 Å². The molecule has 1 atom stereocenters. The normalized spacial score (nSPS) is 26.6. The number of carbonyl (C=O) groups is 1. The van der Waals surface area contributed by atoms with Gasteiger partial charge in [0.1, 0.15) is 6.61 Å². The Hall–Kier alpha value is -0.610. The fourth-order valence-corrected chi connectivity index (χ4v) is 2.85. The average molecular weight is 254 g/mol. The highest BCUT2D eigenvalue weighted by atomic mass is 16.5. The van der Waals surface area contributed by atoms with Crippen molar-refractivity contribution in [2.75, 3.05) is 19.7 Å². The van der Waals surface area contributed by atoms with Gasteiger partial charge in [0.25, 0.3) is 0 Å². The second kappa shape index (κ2) is 7.74. The highest BCUT2D eigenvalue weighted by Gasteiger charge is 2.17. The van der Waals surface area contributed by atoms with Gasteiger partial charge in [0.2, 0.25) is 5.91 Å². The Morgan fingerprint density at radius 3 is 2.56 bits per heavy atom. The standard InChI is InChI=1S/C14H26N2O2/c17-14(11-18-13-8-5-9-15-10-13)16-12-6-3-1-2-4-7-12/h12-13,15H,1-11H2,(H,16,17). The second-order valence-corrected chi connectivity index (χ2v) is 5.54. The molecular formula is C14H26N2O2. The van der Waals surface area contributed by atoms with Crippen molar-refractivity contribution in [2.45, 2.75) is 63.5 Å². The molecule has 0 aromatic carbocycles. The minimum absolute atomic E-state index is 0.0625. The first-order valence-electron chi connectivity index (χ1n) is 7.46. The summed E-state index contributed by atoms with van der Waals surface area (Å²) in [4.78, 5) is 11.8. The molecule has 1 aliphatic heterocycles. The maximum absolute atomic E-state index is 11.8. The quantitative estimate of drug-likeness (QED) is 0.749. The summed E-state index contributed by atoms with van der Waals surface area (Å²) in [5, 5.41) is 6.41. The molecule has 2 rings (SSSR count). The molecule has 1 unspecified atom stereocenters. The molecule has 0 bridgehead atoms. The molecule has 2 N–H and O–H groups in total. The molecule has 2 aliphatic rings. The maximum Gasteiger partial charge on any atom is 0.246 e. The highest BCUT2D eigenvalue weighted by molar-refractivity contribution is 5.77. The molecule has 1 saturated heterocycles. The van der Waals surface area contributed by atoms with Gasteiger partial charge in [-0.05, 0) is 32.2 Å². The Morgan fingerprint density at radius 1 is 1.11 bits per heavy atom. The first kappa shape index (κ1) is 13.8. The predicted molar refractivity (Wildman–Crippen MR) is 71.5 cm³/mol. The monoisotopic (exact) mass is 254 g/mol. The van der Waals surface area contributed by atoms with Crippen LogP contribution in [0.15, 0.2) is 0 Å². The number of hydrogen-bond acceptors (Lipinski definition) is 3. The van der Waals surface area contributed by atoms with Crippen LogP contribution in [0.2, 0.25) is 0 Å². The minimum Gasteiger partial charge on any atom is -0.367 e. The zero-order chi connectivity index (χ0) is 12.6. The van der Waals surface area contributed by atoms with E-state index in [-0.39, 0.29) is 18.6 Å². The van der Waals surface area contributed by atoms with Gasteiger partial charge in [0, 0.05) is 12.6 Å². The molecule has 0 aromatic rings. The number of hydrogen-bond donors (Lipinski definition) is 2. The lowest BCUT2D eigenvalue weighted by atomic mass is 10.1. The number of rotatable bonds is 4. The minimum atomic E-state index is 0.0625. The Morgan fingerprint density at radius 2 is 1.89 bits per heavy atom. The molecule has 1 saturated carbocycles. The van der Waals surface area contributed by atoms with Crippen molar-refractivity contribution >= 4 is 5.91 Å². The summed E-state index contributed by atoms with van der Waals surface area (Å²) in [6, 6.07) is 0.382. The van der Waals surface area contributed by atoms with Crippen LogP contribution in [-0.4, -0.2) is 37.7 Å². The summed E-state index contributed by atoms with van der Waals surface area (Å²) in [6.45, 7) is 2.19. The van der Waals surface area contributed by atoms with Crippen LogP contribution in [-0.2, 0) is 9.53 Å². The SMILES string of the molecule is O=C(COC1CCCNC1)NC1CCCCCC1. The average Bonchev–Trinajstić information content (AvgIpc) is 2.66. The summed E-state index contributed by atoms with van der Waals surface area (Å²) < 4.78 is 5.64. The zero-order valence-corrected chi connectivity index (χ0v) is 11.2. The fourth-order valence-electron chi connectivity index (χ4n) is 2.85. The topological polar surface area (TPSA) is 50.4 Å². The summed E-state index contributed by atoms with van der Waals surface area (Å²) >= 11 is 0. The molecule has 2 fully saturated rings. The van der Waals surface area contributed by atoms with Crippen LogP contribution in [0.5, 0.6) is 0 Å². The van der Waals surface area contributed by atoms with Gasteiger partial charge in [0.15, 0.2) is 0 Å². The third-order valence-electron chi connectivity index (χ3n) is 3.92. The van der Waals surface area contributed by atoms with Crippen molar-refractivity contribution in [3.05, 3.63) is 0 Å². The number of ether oxygens (including phenoxy) is 1. The van der Waals surface area contributed by atoms with E-state index >= 15 is 0 Å². The van der Waals surface area contributed by atoms with E-state index in [1.807, 2.05) is 0 Å². The van der Waals surface area contributed by atoms with Crippen LogP contribution in [0.25, 0.3) is 0 Å². The van der Waals surface area contributed by atoms with Gasteiger partial charge < -0.3 is 15.4 Å². The van der Waals surface area contributed by atoms with Crippen molar-refractivity contribution in [3.8, 4) is 0 Å². The molecule has 0 radical (unpaired) electrons. The Kier molecular flexibility index (Phi) is 5.94. The van der Waals surface area contributed by atoms with Crippen LogP contribution in [0.1, 0.15) is 51.4 Å². The zero-order valence-electron chi connectivity index (χ0n) is 11.2. The van der Waals surface area contributed by atoms with Crippen molar-refractivity contribution < 1.29 is 9.53 Å². The van der Waals surface area contributed by atoms with Gasteiger partial charge >= 0.3 is 0 Å². The number of nitrogens with one attached hydrogen (secondary N) is 2. The van der Waals surface area contributed by atoms with Crippen LogP contribution in [0, 0.1) is 0 Å². The van der Waals surface area contributed by atoms with E-state index in [2.05, 4.69) is 10.6 Å².